The first kappa shape index (κ1) is 9.20. The standard InChI is InChI=1S/C13H13F/c1-10-2-4-11(5-3-10)12-6-8-13(14)9-7-12/h2-6,8-9,12H,7H2,1H3. The molecular formula is C13H13F. The van der Waals surface area contributed by atoms with E-state index < -0.39 is 0 Å². The molecule has 1 unspecified atom stereocenters. The number of halogens is 1. The lowest BCUT2D eigenvalue weighted by atomic mass is 9.92. The Hall–Kier alpha value is -1.37. The smallest absolute Gasteiger partial charge is 0.118 e. The Morgan fingerprint density at radius 1 is 1.21 bits per heavy atom. The van der Waals surface area contributed by atoms with Gasteiger partial charge in [-0.2, -0.15) is 0 Å². The molecule has 0 heterocycles. The molecule has 1 atom stereocenters. The third kappa shape index (κ3) is 1.92. The number of benzene rings is 1. The maximum absolute atomic E-state index is 12.7. The van der Waals surface area contributed by atoms with Crippen molar-refractivity contribution < 1.29 is 4.39 Å². The third-order valence-electron chi connectivity index (χ3n) is 2.56. The minimum atomic E-state index is -0.117. The topological polar surface area (TPSA) is 0 Å². The van der Waals surface area contributed by atoms with E-state index in [4.69, 9.17) is 0 Å². The average Bonchev–Trinajstić information content (AvgIpc) is 2.21. The third-order valence-corrected chi connectivity index (χ3v) is 2.56. The van der Waals surface area contributed by atoms with E-state index in [0.29, 0.717) is 5.92 Å². The van der Waals surface area contributed by atoms with Gasteiger partial charge >= 0.3 is 0 Å². The lowest BCUT2D eigenvalue weighted by Crippen LogP contribution is -1.97. The van der Waals surface area contributed by atoms with Crippen molar-refractivity contribution in [3.05, 3.63) is 59.4 Å². The number of hydrogen-bond donors (Lipinski definition) is 0. The Kier molecular flexibility index (Phi) is 2.49. The van der Waals surface area contributed by atoms with Crippen LogP contribution in [0.2, 0.25) is 0 Å². The number of hydrogen-bond acceptors (Lipinski definition) is 0. The molecule has 1 heteroatoms. The molecular weight excluding hydrogens is 175 g/mol. The normalized spacial score (nSPS) is 20.7. The highest BCUT2D eigenvalue weighted by Gasteiger charge is 2.10. The van der Waals surface area contributed by atoms with E-state index in [1.807, 2.05) is 6.08 Å². The Labute approximate surface area is 83.8 Å². The van der Waals surface area contributed by atoms with Crippen molar-refractivity contribution in [1.29, 1.82) is 0 Å². The summed E-state index contributed by atoms with van der Waals surface area (Å²) in [5, 5.41) is 0. The highest BCUT2D eigenvalue weighted by Crippen LogP contribution is 2.26. The van der Waals surface area contributed by atoms with Gasteiger partial charge in [-0.05, 0) is 31.1 Å². The molecule has 1 aromatic carbocycles. The Bertz CT molecular complexity index is 371. The van der Waals surface area contributed by atoms with Crippen molar-refractivity contribution >= 4 is 0 Å². The van der Waals surface area contributed by atoms with Crippen LogP contribution in [0.15, 0.2) is 48.3 Å². The first-order valence-corrected chi connectivity index (χ1v) is 4.86. The van der Waals surface area contributed by atoms with Crippen molar-refractivity contribution in [2.45, 2.75) is 19.3 Å². The van der Waals surface area contributed by atoms with Crippen LogP contribution in [0.4, 0.5) is 4.39 Å². The highest BCUT2D eigenvalue weighted by molar-refractivity contribution is 5.32. The SMILES string of the molecule is Cc1ccc(C2C=CC(F)=CC2)cc1. The summed E-state index contributed by atoms with van der Waals surface area (Å²) in [4.78, 5) is 0. The van der Waals surface area contributed by atoms with Gasteiger partial charge in [0.2, 0.25) is 0 Å². The first-order chi connectivity index (χ1) is 6.75. The fourth-order valence-electron chi connectivity index (χ4n) is 1.66. The van der Waals surface area contributed by atoms with Crippen LogP contribution in [0.5, 0.6) is 0 Å². The lowest BCUT2D eigenvalue weighted by Gasteiger charge is -2.14. The van der Waals surface area contributed by atoms with Crippen molar-refractivity contribution in [2.75, 3.05) is 0 Å². The summed E-state index contributed by atoms with van der Waals surface area (Å²) in [5.74, 6) is 0.225. The maximum atomic E-state index is 12.7. The quantitative estimate of drug-likeness (QED) is 0.627. The molecule has 0 radical (unpaired) electrons. The fourth-order valence-corrected chi connectivity index (χ4v) is 1.66. The monoisotopic (exact) mass is 188 g/mol. The number of rotatable bonds is 1. The zero-order chi connectivity index (χ0) is 9.97. The molecule has 0 saturated heterocycles. The van der Waals surface area contributed by atoms with Crippen LogP contribution in [-0.2, 0) is 0 Å². The van der Waals surface area contributed by atoms with Gasteiger partial charge in [-0.3, -0.25) is 0 Å². The molecule has 2 rings (SSSR count). The van der Waals surface area contributed by atoms with Gasteiger partial charge in [0.05, 0.1) is 0 Å². The largest absolute Gasteiger partial charge is 0.207 e. The van der Waals surface area contributed by atoms with Crippen LogP contribution in [0.1, 0.15) is 23.5 Å². The van der Waals surface area contributed by atoms with Gasteiger partial charge in [-0.15, -0.1) is 0 Å². The van der Waals surface area contributed by atoms with Crippen LogP contribution < -0.4 is 0 Å². The summed E-state index contributed by atoms with van der Waals surface area (Å²) in [6.45, 7) is 2.07. The van der Waals surface area contributed by atoms with E-state index in [1.165, 1.54) is 11.1 Å². The van der Waals surface area contributed by atoms with Crippen molar-refractivity contribution in [3.63, 3.8) is 0 Å². The van der Waals surface area contributed by atoms with Gasteiger partial charge in [-0.1, -0.05) is 35.9 Å². The molecule has 1 aliphatic rings. The molecule has 0 amide bonds. The Morgan fingerprint density at radius 3 is 2.50 bits per heavy atom. The average molecular weight is 188 g/mol. The van der Waals surface area contributed by atoms with Gasteiger partial charge in [0.15, 0.2) is 0 Å². The zero-order valence-electron chi connectivity index (χ0n) is 8.20. The second kappa shape index (κ2) is 3.79. The minimum Gasteiger partial charge on any atom is -0.207 e. The molecule has 0 fully saturated rings. The summed E-state index contributed by atoms with van der Waals surface area (Å²) in [7, 11) is 0. The van der Waals surface area contributed by atoms with Crippen molar-refractivity contribution in [1.82, 2.24) is 0 Å². The molecule has 1 aromatic rings. The van der Waals surface area contributed by atoms with Crippen LogP contribution in [0.3, 0.4) is 0 Å². The van der Waals surface area contributed by atoms with Gasteiger partial charge < -0.3 is 0 Å². The van der Waals surface area contributed by atoms with Gasteiger partial charge in [0.1, 0.15) is 5.83 Å². The van der Waals surface area contributed by atoms with Crippen LogP contribution in [0.25, 0.3) is 0 Å². The highest BCUT2D eigenvalue weighted by atomic mass is 19.1. The van der Waals surface area contributed by atoms with Crippen molar-refractivity contribution in [3.8, 4) is 0 Å². The number of aryl methyl sites for hydroxylation is 1. The Balaban J connectivity index is 2.18. The van der Waals surface area contributed by atoms with E-state index in [1.54, 1.807) is 12.2 Å². The summed E-state index contributed by atoms with van der Waals surface area (Å²) < 4.78 is 12.7. The summed E-state index contributed by atoms with van der Waals surface area (Å²) >= 11 is 0. The first-order valence-electron chi connectivity index (χ1n) is 4.86. The maximum Gasteiger partial charge on any atom is 0.118 e. The second-order valence-electron chi connectivity index (χ2n) is 3.70. The predicted molar refractivity (Wildman–Crippen MR) is 56.9 cm³/mol. The molecule has 0 nitrogen and oxygen atoms in total. The molecule has 0 bridgehead atoms. The van der Waals surface area contributed by atoms with E-state index in [9.17, 15) is 4.39 Å². The molecule has 14 heavy (non-hydrogen) atoms. The minimum absolute atomic E-state index is 0.117. The summed E-state index contributed by atoms with van der Waals surface area (Å²) in [6, 6.07) is 8.42. The Morgan fingerprint density at radius 2 is 1.93 bits per heavy atom. The van der Waals surface area contributed by atoms with Crippen LogP contribution >= 0.6 is 0 Å². The van der Waals surface area contributed by atoms with E-state index >= 15 is 0 Å². The zero-order valence-corrected chi connectivity index (χ0v) is 8.20. The van der Waals surface area contributed by atoms with E-state index in [0.717, 1.165) is 6.42 Å². The molecule has 72 valence electrons. The van der Waals surface area contributed by atoms with E-state index in [-0.39, 0.29) is 5.83 Å². The molecule has 0 spiro atoms. The van der Waals surface area contributed by atoms with Gasteiger partial charge in [0, 0.05) is 5.92 Å². The predicted octanol–water partition coefficient (Wildman–Crippen LogP) is 3.89. The van der Waals surface area contributed by atoms with Crippen LogP contribution in [-0.4, -0.2) is 0 Å². The summed E-state index contributed by atoms with van der Waals surface area (Å²) in [6.07, 6.45) is 5.89. The molecule has 0 aromatic heterocycles. The summed E-state index contributed by atoms with van der Waals surface area (Å²) in [5.41, 5.74) is 2.52. The number of allylic oxidation sites excluding steroid dienone is 4. The molecule has 0 aliphatic heterocycles. The van der Waals surface area contributed by atoms with Crippen LogP contribution in [0, 0.1) is 6.92 Å². The molecule has 0 saturated carbocycles. The van der Waals surface area contributed by atoms with E-state index in [2.05, 4.69) is 31.2 Å². The van der Waals surface area contributed by atoms with Gasteiger partial charge in [0.25, 0.3) is 0 Å². The second-order valence-corrected chi connectivity index (χ2v) is 3.70. The molecule has 1 aliphatic carbocycles. The van der Waals surface area contributed by atoms with Gasteiger partial charge in [-0.25, -0.2) is 4.39 Å². The lowest BCUT2D eigenvalue weighted by molar-refractivity contribution is 0.643. The molecule has 0 N–H and O–H groups in total. The fraction of sp³-hybridized carbons (Fsp3) is 0.231. The van der Waals surface area contributed by atoms with Crippen molar-refractivity contribution in [2.24, 2.45) is 0 Å².